The molecule has 144 valence electrons. The highest BCUT2D eigenvalue weighted by Gasteiger charge is 2.25. The first-order valence-corrected chi connectivity index (χ1v) is 10.0. The van der Waals surface area contributed by atoms with Crippen molar-refractivity contribution in [1.82, 2.24) is 14.8 Å². The molecule has 0 spiro atoms. The molecule has 4 aromatic rings. The summed E-state index contributed by atoms with van der Waals surface area (Å²) in [7, 11) is 0. The molecular formula is C23H19ClN4O. The van der Waals surface area contributed by atoms with Gasteiger partial charge < -0.3 is 5.32 Å². The number of aryl methyl sites for hydroxylation is 2. The minimum absolute atomic E-state index is 0.158. The number of nitrogens with zero attached hydrogens (tertiary/aromatic N) is 3. The Morgan fingerprint density at radius 1 is 1.10 bits per heavy atom. The fraction of sp³-hybridized carbons (Fsp3) is 0.174. The van der Waals surface area contributed by atoms with Crippen LogP contribution in [0.15, 0.2) is 54.6 Å². The maximum Gasteiger partial charge on any atom is 0.257 e. The number of anilines is 1. The molecule has 0 bridgehead atoms. The van der Waals surface area contributed by atoms with Crippen molar-refractivity contribution in [3.8, 4) is 5.69 Å². The first-order chi connectivity index (χ1) is 14.1. The molecule has 5 nitrogen and oxygen atoms in total. The highest BCUT2D eigenvalue weighted by molar-refractivity contribution is 6.31. The number of fused-ring (bicyclic) bond motifs is 2. The minimum atomic E-state index is -0.158. The Hall–Kier alpha value is -3.18. The first-order valence-electron chi connectivity index (χ1n) is 9.64. The van der Waals surface area contributed by atoms with E-state index in [0.717, 1.165) is 52.8 Å². The second-order valence-electron chi connectivity index (χ2n) is 7.30. The third kappa shape index (κ3) is 3.17. The largest absolute Gasteiger partial charge is 0.306 e. The van der Waals surface area contributed by atoms with E-state index in [2.05, 4.69) is 10.4 Å². The lowest BCUT2D eigenvalue weighted by Gasteiger charge is -2.14. The molecule has 29 heavy (non-hydrogen) atoms. The van der Waals surface area contributed by atoms with Crippen LogP contribution in [-0.4, -0.2) is 20.7 Å². The molecule has 2 heterocycles. The number of rotatable bonds is 3. The Morgan fingerprint density at radius 2 is 1.93 bits per heavy atom. The minimum Gasteiger partial charge on any atom is -0.306 e. The van der Waals surface area contributed by atoms with E-state index in [1.165, 1.54) is 0 Å². The zero-order valence-electron chi connectivity index (χ0n) is 15.9. The average molecular weight is 403 g/mol. The average Bonchev–Trinajstić information content (AvgIpc) is 3.32. The molecule has 2 aromatic heterocycles. The van der Waals surface area contributed by atoms with Crippen molar-refractivity contribution < 1.29 is 4.79 Å². The van der Waals surface area contributed by atoms with Crippen LogP contribution >= 0.6 is 11.6 Å². The van der Waals surface area contributed by atoms with Gasteiger partial charge in [0, 0.05) is 22.2 Å². The summed E-state index contributed by atoms with van der Waals surface area (Å²) in [4.78, 5) is 18.2. The summed E-state index contributed by atoms with van der Waals surface area (Å²) in [5.41, 5.74) is 5.23. The summed E-state index contributed by atoms with van der Waals surface area (Å²) in [5.74, 6) is 0.479. The van der Waals surface area contributed by atoms with Gasteiger partial charge in [-0.25, -0.2) is 4.68 Å². The van der Waals surface area contributed by atoms with Crippen LogP contribution in [0.25, 0.3) is 16.6 Å². The third-order valence-corrected chi connectivity index (χ3v) is 5.51. The van der Waals surface area contributed by atoms with E-state index in [1.807, 2.05) is 61.5 Å². The molecule has 1 aliphatic carbocycles. The number of hydrogen-bond acceptors (Lipinski definition) is 3. The van der Waals surface area contributed by atoms with E-state index in [1.54, 1.807) is 4.68 Å². The van der Waals surface area contributed by atoms with Crippen molar-refractivity contribution in [1.29, 1.82) is 0 Å². The number of nitrogens with one attached hydrogen (secondary N) is 1. The van der Waals surface area contributed by atoms with E-state index in [9.17, 15) is 4.79 Å². The molecule has 2 aromatic carbocycles. The smallest absolute Gasteiger partial charge is 0.257 e. The first kappa shape index (κ1) is 17.9. The van der Waals surface area contributed by atoms with Gasteiger partial charge in [-0.15, -0.1) is 0 Å². The molecule has 5 rings (SSSR count). The van der Waals surface area contributed by atoms with E-state index in [-0.39, 0.29) is 5.91 Å². The second-order valence-corrected chi connectivity index (χ2v) is 7.74. The Morgan fingerprint density at radius 3 is 2.76 bits per heavy atom. The normalized spacial score (nSPS) is 12.9. The van der Waals surface area contributed by atoms with E-state index >= 15 is 0 Å². The van der Waals surface area contributed by atoms with Gasteiger partial charge in [0.05, 0.1) is 22.5 Å². The predicted octanol–water partition coefficient (Wildman–Crippen LogP) is 5.12. The third-order valence-electron chi connectivity index (χ3n) is 5.27. The standard InChI is InChI=1S/C23H19ClN4O/c1-14-12-21(28(27-14)16-6-3-2-4-7-16)26-23(29)22-17-8-5-9-19(17)25-20-11-10-15(24)13-18(20)22/h2-4,6-7,10-13H,5,8-9H2,1H3,(H,26,29). The Bertz CT molecular complexity index is 1250. The molecule has 1 N–H and O–H groups in total. The van der Waals surface area contributed by atoms with Crippen molar-refractivity contribution in [2.24, 2.45) is 0 Å². The molecule has 0 aliphatic heterocycles. The van der Waals surface area contributed by atoms with Crippen molar-refractivity contribution in [3.63, 3.8) is 0 Å². The molecule has 0 fully saturated rings. The number of carbonyl (C=O) groups excluding carboxylic acids is 1. The van der Waals surface area contributed by atoms with Crippen molar-refractivity contribution in [2.75, 3.05) is 5.32 Å². The lowest BCUT2D eigenvalue weighted by Crippen LogP contribution is -2.18. The van der Waals surface area contributed by atoms with E-state index in [4.69, 9.17) is 16.6 Å². The van der Waals surface area contributed by atoms with Crippen LogP contribution in [-0.2, 0) is 12.8 Å². The van der Waals surface area contributed by atoms with Crippen molar-refractivity contribution >= 4 is 34.2 Å². The molecule has 1 amide bonds. The molecule has 0 atom stereocenters. The Kier molecular flexibility index (Phi) is 4.32. The van der Waals surface area contributed by atoms with Crippen LogP contribution in [0.1, 0.15) is 33.7 Å². The zero-order chi connectivity index (χ0) is 20.0. The number of halogens is 1. The van der Waals surface area contributed by atoms with Crippen LogP contribution in [0.3, 0.4) is 0 Å². The van der Waals surface area contributed by atoms with Crippen LogP contribution in [0.5, 0.6) is 0 Å². The highest BCUT2D eigenvalue weighted by atomic mass is 35.5. The van der Waals surface area contributed by atoms with Gasteiger partial charge in [0.25, 0.3) is 5.91 Å². The van der Waals surface area contributed by atoms with Crippen LogP contribution < -0.4 is 5.32 Å². The maximum absolute atomic E-state index is 13.5. The van der Waals surface area contributed by atoms with E-state index < -0.39 is 0 Å². The van der Waals surface area contributed by atoms with Gasteiger partial charge in [-0.3, -0.25) is 9.78 Å². The second kappa shape index (κ2) is 7.01. The summed E-state index contributed by atoms with van der Waals surface area (Å²) in [6, 6.07) is 17.2. The number of hydrogen-bond donors (Lipinski definition) is 1. The van der Waals surface area contributed by atoms with Gasteiger partial charge in [0.1, 0.15) is 5.82 Å². The summed E-state index contributed by atoms with van der Waals surface area (Å²) in [6.45, 7) is 1.91. The van der Waals surface area contributed by atoms with Gasteiger partial charge in [-0.05, 0) is 62.1 Å². The number of pyridine rings is 1. The molecule has 0 saturated carbocycles. The predicted molar refractivity (Wildman–Crippen MR) is 115 cm³/mol. The maximum atomic E-state index is 13.5. The number of amides is 1. The van der Waals surface area contributed by atoms with Crippen LogP contribution in [0, 0.1) is 6.92 Å². The highest BCUT2D eigenvalue weighted by Crippen LogP contribution is 2.32. The van der Waals surface area contributed by atoms with Crippen LogP contribution in [0.4, 0.5) is 5.82 Å². The van der Waals surface area contributed by atoms with Gasteiger partial charge >= 0.3 is 0 Å². The molecule has 0 unspecified atom stereocenters. The summed E-state index contributed by atoms with van der Waals surface area (Å²) >= 11 is 6.24. The lowest BCUT2D eigenvalue weighted by atomic mass is 10.0. The van der Waals surface area contributed by atoms with Crippen molar-refractivity contribution in [2.45, 2.75) is 26.2 Å². The summed E-state index contributed by atoms with van der Waals surface area (Å²) in [6.07, 6.45) is 2.76. The van der Waals surface area contributed by atoms with E-state index in [0.29, 0.717) is 16.4 Å². The number of aromatic nitrogens is 3. The lowest BCUT2D eigenvalue weighted by molar-refractivity contribution is 0.102. The van der Waals surface area contributed by atoms with Gasteiger partial charge in [0.2, 0.25) is 0 Å². The van der Waals surface area contributed by atoms with Crippen LogP contribution in [0.2, 0.25) is 5.02 Å². The number of carbonyl (C=O) groups is 1. The Balaban J connectivity index is 1.62. The molecule has 6 heteroatoms. The van der Waals surface area contributed by atoms with Gasteiger partial charge in [-0.1, -0.05) is 29.8 Å². The number of para-hydroxylation sites is 1. The fourth-order valence-electron chi connectivity index (χ4n) is 4.03. The number of benzene rings is 2. The molecule has 0 radical (unpaired) electrons. The quantitative estimate of drug-likeness (QED) is 0.517. The van der Waals surface area contributed by atoms with Gasteiger partial charge in [0.15, 0.2) is 0 Å². The molecular weight excluding hydrogens is 384 g/mol. The monoisotopic (exact) mass is 402 g/mol. The Labute approximate surface area is 173 Å². The topological polar surface area (TPSA) is 59.8 Å². The molecule has 1 aliphatic rings. The summed E-state index contributed by atoms with van der Waals surface area (Å²) < 4.78 is 1.75. The zero-order valence-corrected chi connectivity index (χ0v) is 16.7. The SMILES string of the molecule is Cc1cc(NC(=O)c2c3c(nc4ccc(Cl)cc24)CCC3)n(-c2ccccc2)n1. The molecule has 0 saturated heterocycles. The fourth-order valence-corrected chi connectivity index (χ4v) is 4.20. The van der Waals surface area contributed by atoms with Gasteiger partial charge in [-0.2, -0.15) is 5.10 Å². The summed E-state index contributed by atoms with van der Waals surface area (Å²) in [5, 5.41) is 9.01. The van der Waals surface area contributed by atoms with Crippen molar-refractivity contribution in [3.05, 3.63) is 82.1 Å².